The molecule has 2 aromatic carbocycles. The minimum atomic E-state index is -4.02. The van der Waals surface area contributed by atoms with Gasteiger partial charge in [-0.3, -0.25) is 9.35 Å². The van der Waals surface area contributed by atoms with E-state index in [1.165, 1.54) is 23.9 Å². The Hall–Kier alpha value is -2.73. The molecule has 2 aromatic rings. The molecule has 0 saturated heterocycles. The predicted octanol–water partition coefficient (Wildman–Crippen LogP) is 4.26. The molecule has 0 unspecified atom stereocenters. The topological polar surface area (TPSA) is 137 Å². The summed E-state index contributed by atoms with van der Waals surface area (Å²) in [6.07, 6.45) is 0.729. The number of nitrogens with one attached hydrogen (secondary N) is 3. The van der Waals surface area contributed by atoms with Crippen molar-refractivity contribution in [3.8, 4) is 0 Å². The van der Waals surface area contributed by atoms with Crippen LogP contribution in [0.5, 0.6) is 0 Å². The average Bonchev–Trinajstić information content (AvgIpc) is 2.79. The number of nitrogens with zero attached hydrogens (tertiary/aromatic N) is 1. The molecule has 0 spiro atoms. The van der Waals surface area contributed by atoms with Crippen LogP contribution in [0.15, 0.2) is 64.6 Å². The molecule has 0 saturated carbocycles. The first-order valence-electron chi connectivity index (χ1n) is 11.4. The smallest absolute Gasteiger partial charge is 0.332 e. The molecule has 0 radical (unpaired) electrons. The van der Waals surface area contributed by atoms with Crippen LogP contribution >= 0.6 is 11.8 Å². The molecule has 2 amide bonds. The van der Waals surface area contributed by atoms with Crippen molar-refractivity contribution in [2.24, 2.45) is 5.10 Å². The Bertz CT molecular complexity index is 1100. The number of amides is 2. The zero-order valence-electron chi connectivity index (χ0n) is 21.4. The second-order valence-electron chi connectivity index (χ2n) is 8.95. The summed E-state index contributed by atoms with van der Waals surface area (Å²) in [6, 6.07) is 15.0. The third-order valence-electron chi connectivity index (χ3n) is 4.34. The molecule has 11 heteroatoms. The summed E-state index contributed by atoms with van der Waals surface area (Å²) in [4.78, 5) is 23.4. The van der Waals surface area contributed by atoms with Crippen LogP contribution in [0.3, 0.4) is 0 Å². The van der Waals surface area contributed by atoms with Crippen molar-refractivity contribution in [2.75, 3.05) is 18.8 Å². The number of hydrogen-bond acceptors (Lipinski definition) is 7. The number of thioether (sulfide) groups is 1. The Morgan fingerprint density at radius 2 is 1.61 bits per heavy atom. The van der Waals surface area contributed by atoms with Crippen molar-refractivity contribution in [3.05, 3.63) is 65.7 Å². The van der Waals surface area contributed by atoms with Gasteiger partial charge in [0.1, 0.15) is 0 Å². The maximum absolute atomic E-state index is 11.9. The Labute approximate surface area is 218 Å². The van der Waals surface area contributed by atoms with Gasteiger partial charge < -0.3 is 10.6 Å². The normalized spacial score (nSPS) is 11.8. The molecule has 0 atom stereocenters. The van der Waals surface area contributed by atoms with Gasteiger partial charge in [-0.2, -0.15) is 13.5 Å². The molecule has 36 heavy (non-hydrogen) atoms. The first-order chi connectivity index (χ1) is 16.8. The number of urea groups is 1. The summed E-state index contributed by atoms with van der Waals surface area (Å²) in [5, 5.41) is 10.2. The highest BCUT2D eigenvalue weighted by molar-refractivity contribution is 8.14. The predicted molar refractivity (Wildman–Crippen MR) is 146 cm³/mol. The van der Waals surface area contributed by atoms with Gasteiger partial charge >= 0.3 is 6.03 Å². The Morgan fingerprint density at radius 1 is 1.00 bits per heavy atom. The molecule has 4 N–H and O–H groups in total. The lowest BCUT2D eigenvalue weighted by molar-refractivity contribution is 0.108. The lowest BCUT2D eigenvalue weighted by Crippen LogP contribution is -2.45. The van der Waals surface area contributed by atoms with Gasteiger partial charge in [0, 0.05) is 35.7 Å². The largest absolute Gasteiger partial charge is 0.335 e. The van der Waals surface area contributed by atoms with Crippen LogP contribution in [0, 0.1) is 6.92 Å². The van der Waals surface area contributed by atoms with Gasteiger partial charge in [0.2, 0.25) is 5.12 Å². The van der Waals surface area contributed by atoms with Crippen molar-refractivity contribution in [3.63, 3.8) is 0 Å². The van der Waals surface area contributed by atoms with Crippen molar-refractivity contribution in [2.45, 2.75) is 51.5 Å². The van der Waals surface area contributed by atoms with E-state index < -0.39 is 10.1 Å². The first kappa shape index (κ1) is 31.3. The third-order valence-corrected chi connectivity index (χ3v) is 6.11. The molecule has 198 valence electrons. The van der Waals surface area contributed by atoms with Crippen LogP contribution in [-0.4, -0.2) is 54.2 Å². The average molecular weight is 537 g/mol. The zero-order chi connectivity index (χ0) is 27.2. The number of aryl methyl sites for hydroxylation is 1. The fraction of sp³-hybridized carbons (Fsp3) is 0.400. The Kier molecular flexibility index (Phi) is 13.4. The monoisotopic (exact) mass is 536 g/mol. The van der Waals surface area contributed by atoms with Crippen LogP contribution < -0.4 is 16.1 Å². The van der Waals surface area contributed by atoms with Crippen molar-refractivity contribution in [1.82, 2.24) is 16.1 Å². The fourth-order valence-electron chi connectivity index (χ4n) is 2.55. The third kappa shape index (κ3) is 14.6. The molecular formula is C25H36N4O5S2. The van der Waals surface area contributed by atoms with Crippen molar-refractivity contribution in [1.29, 1.82) is 0 Å². The number of carbonyl (C=O) groups excluding carboxylic acids is 2. The Morgan fingerprint density at radius 3 is 2.17 bits per heavy atom. The van der Waals surface area contributed by atoms with Crippen molar-refractivity contribution < 1.29 is 22.6 Å². The number of carbonyl (C=O) groups is 2. The van der Waals surface area contributed by atoms with Crippen LogP contribution in [-0.2, 0) is 10.1 Å². The van der Waals surface area contributed by atoms with E-state index in [1.54, 1.807) is 12.1 Å². The maximum Gasteiger partial charge on any atom is 0.335 e. The standard InChI is InChI=1S/C18H28N4O2S.C7H8O3S/c1-14(21-22-17(24)20-18(2,3)4)10-11-19-12-13-25-16(23)15-8-6-5-7-9-15;1-6-2-4-7(5-3-6)11(8,9)10/h5-9,19H,10-13H2,1-4H3,(H2,20,22,24);2-5H,1H3,(H,8,9,10). The van der Waals surface area contributed by atoms with E-state index >= 15 is 0 Å². The van der Waals surface area contributed by atoms with Crippen molar-refractivity contribution >= 4 is 38.7 Å². The SMILES string of the molecule is CC(CCNCCSC(=O)c1ccccc1)=NNC(=O)NC(C)(C)C.Cc1ccc(S(=O)(=O)O)cc1. The summed E-state index contributed by atoms with van der Waals surface area (Å²) in [5.74, 6) is 0.718. The quantitative estimate of drug-likeness (QED) is 0.163. The number of hydrogen-bond donors (Lipinski definition) is 4. The lowest BCUT2D eigenvalue weighted by atomic mass is 10.1. The maximum atomic E-state index is 11.9. The highest BCUT2D eigenvalue weighted by atomic mass is 32.2. The van der Waals surface area contributed by atoms with Gasteiger partial charge in [0.25, 0.3) is 10.1 Å². The van der Waals surface area contributed by atoms with Crippen LogP contribution in [0.1, 0.15) is 50.0 Å². The fourth-order valence-corrected chi connectivity index (χ4v) is 3.76. The van der Waals surface area contributed by atoms with E-state index in [2.05, 4.69) is 21.2 Å². The van der Waals surface area contributed by atoms with Crippen LogP contribution in [0.2, 0.25) is 0 Å². The van der Waals surface area contributed by atoms with Gasteiger partial charge in [-0.15, -0.1) is 0 Å². The molecule has 0 aliphatic heterocycles. The highest BCUT2D eigenvalue weighted by Gasteiger charge is 2.12. The summed E-state index contributed by atoms with van der Waals surface area (Å²) >= 11 is 1.31. The number of hydrazone groups is 1. The molecule has 0 aromatic heterocycles. The number of rotatable bonds is 9. The van der Waals surface area contributed by atoms with E-state index in [9.17, 15) is 18.0 Å². The lowest BCUT2D eigenvalue weighted by Gasteiger charge is -2.19. The molecule has 2 rings (SSSR count). The minimum absolute atomic E-state index is 0.0666. The number of benzene rings is 2. The second-order valence-corrected chi connectivity index (χ2v) is 11.4. The summed E-state index contributed by atoms with van der Waals surface area (Å²) < 4.78 is 29.6. The van der Waals surface area contributed by atoms with Gasteiger partial charge in [0.15, 0.2) is 0 Å². The van der Waals surface area contributed by atoms with E-state index in [0.29, 0.717) is 0 Å². The van der Waals surface area contributed by atoms with Gasteiger partial charge in [-0.05, 0) is 53.2 Å². The summed E-state index contributed by atoms with van der Waals surface area (Å²) in [7, 11) is -4.02. The molecule has 0 bridgehead atoms. The molecule has 0 fully saturated rings. The second kappa shape index (κ2) is 15.4. The molecule has 9 nitrogen and oxygen atoms in total. The Balaban J connectivity index is 0.000000488. The van der Waals surface area contributed by atoms with E-state index in [-0.39, 0.29) is 21.6 Å². The van der Waals surface area contributed by atoms with Gasteiger partial charge in [-0.1, -0.05) is 59.8 Å². The molecular weight excluding hydrogens is 500 g/mol. The van der Waals surface area contributed by atoms with E-state index in [4.69, 9.17) is 4.55 Å². The van der Waals surface area contributed by atoms with Gasteiger partial charge in [-0.25, -0.2) is 10.2 Å². The molecule has 0 aliphatic rings. The molecule has 0 heterocycles. The summed E-state index contributed by atoms with van der Waals surface area (Å²) in [6.45, 7) is 10.9. The highest BCUT2D eigenvalue weighted by Crippen LogP contribution is 2.11. The van der Waals surface area contributed by atoms with Crippen LogP contribution in [0.4, 0.5) is 4.79 Å². The minimum Gasteiger partial charge on any atom is -0.332 e. The van der Waals surface area contributed by atoms with Crippen LogP contribution in [0.25, 0.3) is 0 Å². The molecule has 0 aliphatic carbocycles. The first-order valence-corrected chi connectivity index (χ1v) is 13.8. The summed E-state index contributed by atoms with van der Waals surface area (Å²) in [5.41, 5.74) is 4.72. The van der Waals surface area contributed by atoms with E-state index in [1.807, 2.05) is 65.0 Å². The van der Waals surface area contributed by atoms with E-state index in [0.717, 1.165) is 42.1 Å². The zero-order valence-corrected chi connectivity index (χ0v) is 23.0. The van der Waals surface area contributed by atoms with Gasteiger partial charge in [0.05, 0.1) is 4.90 Å².